The SMILES string of the molecule is Cc1cc(C)c2c(c1)c(C)cc1nnc(SCC#N)n12. The maximum absolute atomic E-state index is 8.76. The molecular weight excluding hydrogens is 268 g/mol. The number of aromatic nitrogens is 3. The average Bonchev–Trinajstić information content (AvgIpc) is 2.79. The van der Waals surface area contributed by atoms with Gasteiger partial charge in [0, 0.05) is 5.39 Å². The van der Waals surface area contributed by atoms with Gasteiger partial charge in [-0.05, 0) is 44.0 Å². The average molecular weight is 282 g/mol. The Bertz CT molecular complexity index is 858. The third-order valence-electron chi connectivity index (χ3n) is 3.36. The van der Waals surface area contributed by atoms with Crippen LogP contribution >= 0.6 is 11.8 Å². The third kappa shape index (κ3) is 1.93. The smallest absolute Gasteiger partial charge is 0.197 e. The van der Waals surface area contributed by atoms with Gasteiger partial charge in [-0.1, -0.05) is 23.4 Å². The zero-order valence-electron chi connectivity index (χ0n) is 11.6. The lowest BCUT2D eigenvalue weighted by molar-refractivity contribution is 0.940. The minimum absolute atomic E-state index is 0.376. The van der Waals surface area contributed by atoms with E-state index in [4.69, 9.17) is 5.26 Å². The molecule has 1 aromatic carbocycles. The van der Waals surface area contributed by atoms with Crippen molar-refractivity contribution in [3.8, 4) is 6.07 Å². The van der Waals surface area contributed by atoms with Gasteiger partial charge in [0.1, 0.15) is 0 Å². The van der Waals surface area contributed by atoms with Crippen LogP contribution in [0.2, 0.25) is 0 Å². The van der Waals surface area contributed by atoms with Crippen molar-refractivity contribution in [2.24, 2.45) is 0 Å². The molecule has 0 amide bonds. The van der Waals surface area contributed by atoms with Crippen LogP contribution in [-0.2, 0) is 0 Å². The number of benzene rings is 1. The van der Waals surface area contributed by atoms with Crippen molar-refractivity contribution in [1.29, 1.82) is 5.26 Å². The summed E-state index contributed by atoms with van der Waals surface area (Å²) in [4.78, 5) is 0. The Morgan fingerprint density at radius 1 is 1.15 bits per heavy atom. The number of thioether (sulfide) groups is 1. The molecule has 3 rings (SSSR count). The summed E-state index contributed by atoms with van der Waals surface area (Å²) in [6.07, 6.45) is 0. The zero-order chi connectivity index (χ0) is 14.3. The predicted molar refractivity (Wildman–Crippen MR) is 81.0 cm³/mol. The molecule has 0 atom stereocenters. The summed E-state index contributed by atoms with van der Waals surface area (Å²) in [6, 6.07) is 8.54. The van der Waals surface area contributed by atoms with Crippen LogP contribution in [0.15, 0.2) is 23.4 Å². The fourth-order valence-electron chi connectivity index (χ4n) is 2.60. The first-order valence-electron chi connectivity index (χ1n) is 6.37. The summed E-state index contributed by atoms with van der Waals surface area (Å²) in [5.74, 6) is 0.376. The van der Waals surface area contributed by atoms with E-state index < -0.39 is 0 Å². The monoisotopic (exact) mass is 282 g/mol. The van der Waals surface area contributed by atoms with Crippen molar-refractivity contribution in [3.05, 3.63) is 34.9 Å². The van der Waals surface area contributed by atoms with E-state index in [1.165, 1.54) is 33.8 Å². The molecule has 0 aliphatic heterocycles. The van der Waals surface area contributed by atoms with Crippen molar-refractivity contribution >= 4 is 28.3 Å². The number of nitriles is 1. The van der Waals surface area contributed by atoms with E-state index in [-0.39, 0.29) is 0 Å². The molecule has 0 spiro atoms. The van der Waals surface area contributed by atoms with Gasteiger partial charge in [0.25, 0.3) is 0 Å². The molecule has 0 aliphatic carbocycles. The maximum Gasteiger partial charge on any atom is 0.197 e. The van der Waals surface area contributed by atoms with E-state index in [0.717, 1.165) is 16.3 Å². The van der Waals surface area contributed by atoms with E-state index in [2.05, 4.69) is 53.6 Å². The Balaban J connectivity index is 2.43. The first kappa shape index (κ1) is 12.9. The molecule has 0 aliphatic rings. The van der Waals surface area contributed by atoms with Crippen molar-refractivity contribution in [3.63, 3.8) is 0 Å². The molecule has 100 valence electrons. The van der Waals surface area contributed by atoms with E-state index in [1.807, 2.05) is 6.07 Å². The molecule has 0 fully saturated rings. The summed E-state index contributed by atoms with van der Waals surface area (Å²) in [5, 5.41) is 19.2. The minimum atomic E-state index is 0.376. The molecule has 20 heavy (non-hydrogen) atoms. The van der Waals surface area contributed by atoms with E-state index in [0.29, 0.717) is 5.75 Å². The number of hydrogen-bond acceptors (Lipinski definition) is 4. The van der Waals surface area contributed by atoms with Gasteiger partial charge in [0.2, 0.25) is 0 Å². The Kier molecular flexibility index (Phi) is 3.11. The van der Waals surface area contributed by atoms with Gasteiger partial charge in [-0.2, -0.15) is 5.26 Å². The minimum Gasteiger partial charge on any atom is -0.270 e. The third-order valence-corrected chi connectivity index (χ3v) is 4.16. The molecule has 0 saturated carbocycles. The number of fused-ring (bicyclic) bond motifs is 3. The highest BCUT2D eigenvalue weighted by atomic mass is 32.2. The van der Waals surface area contributed by atoms with Gasteiger partial charge in [-0.25, -0.2) is 0 Å². The van der Waals surface area contributed by atoms with Gasteiger partial charge in [-0.3, -0.25) is 4.40 Å². The molecule has 0 N–H and O–H groups in total. The van der Waals surface area contributed by atoms with Gasteiger partial charge < -0.3 is 0 Å². The lowest BCUT2D eigenvalue weighted by Gasteiger charge is -2.11. The van der Waals surface area contributed by atoms with Crippen LogP contribution < -0.4 is 0 Å². The van der Waals surface area contributed by atoms with E-state index in [9.17, 15) is 0 Å². The lowest BCUT2D eigenvalue weighted by Crippen LogP contribution is -1.96. The summed E-state index contributed by atoms with van der Waals surface area (Å²) in [7, 11) is 0. The predicted octanol–water partition coefficient (Wildman–Crippen LogP) is 3.42. The molecule has 0 radical (unpaired) electrons. The quantitative estimate of drug-likeness (QED) is 0.676. The highest BCUT2D eigenvalue weighted by molar-refractivity contribution is 7.99. The number of pyridine rings is 1. The van der Waals surface area contributed by atoms with Crippen LogP contribution in [0.4, 0.5) is 0 Å². The summed E-state index contributed by atoms with van der Waals surface area (Å²) in [5.41, 5.74) is 5.62. The Labute approximate surface area is 121 Å². The highest BCUT2D eigenvalue weighted by Crippen LogP contribution is 2.28. The van der Waals surface area contributed by atoms with Crippen LogP contribution in [0.3, 0.4) is 0 Å². The standard InChI is InChI=1S/C15H14N4S/c1-9-6-11(3)14-12(7-9)10(2)8-13-17-18-15(19(13)14)20-5-4-16/h6-8H,5H2,1-3H3. The topological polar surface area (TPSA) is 54.0 Å². The largest absolute Gasteiger partial charge is 0.270 e. The number of aryl methyl sites for hydroxylation is 3. The molecule has 2 heterocycles. The first-order valence-corrected chi connectivity index (χ1v) is 7.36. The van der Waals surface area contributed by atoms with Gasteiger partial charge >= 0.3 is 0 Å². The fraction of sp³-hybridized carbons (Fsp3) is 0.267. The molecule has 0 unspecified atom stereocenters. The van der Waals surface area contributed by atoms with Crippen molar-refractivity contribution in [2.75, 3.05) is 5.75 Å². The second-order valence-electron chi connectivity index (χ2n) is 4.93. The summed E-state index contributed by atoms with van der Waals surface area (Å²) >= 11 is 1.42. The molecule has 3 aromatic rings. The zero-order valence-corrected chi connectivity index (χ0v) is 12.5. The van der Waals surface area contributed by atoms with Crippen molar-refractivity contribution in [1.82, 2.24) is 14.6 Å². The van der Waals surface area contributed by atoms with Crippen LogP contribution in [0.5, 0.6) is 0 Å². The lowest BCUT2D eigenvalue weighted by atomic mass is 10.0. The summed E-state index contributed by atoms with van der Waals surface area (Å²) < 4.78 is 2.05. The second-order valence-corrected chi connectivity index (χ2v) is 5.87. The summed E-state index contributed by atoms with van der Waals surface area (Å²) in [6.45, 7) is 6.30. The molecule has 5 heteroatoms. The van der Waals surface area contributed by atoms with E-state index >= 15 is 0 Å². The van der Waals surface area contributed by atoms with Crippen LogP contribution in [0.25, 0.3) is 16.6 Å². The van der Waals surface area contributed by atoms with Gasteiger partial charge in [0.05, 0.1) is 17.3 Å². The maximum atomic E-state index is 8.76. The van der Waals surface area contributed by atoms with Crippen LogP contribution in [0, 0.1) is 32.1 Å². The molecule has 2 aromatic heterocycles. The normalized spacial score (nSPS) is 11.1. The van der Waals surface area contributed by atoms with Gasteiger partial charge in [-0.15, -0.1) is 10.2 Å². The number of hydrogen-bond donors (Lipinski definition) is 0. The molecule has 0 saturated heterocycles. The number of rotatable bonds is 2. The first-order chi connectivity index (χ1) is 9.61. The molecular formula is C15H14N4S. The van der Waals surface area contributed by atoms with Crippen molar-refractivity contribution < 1.29 is 0 Å². The Morgan fingerprint density at radius 3 is 2.70 bits per heavy atom. The molecule has 0 bridgehead atoms. The fourth-order valence-corrected chi connectivity index (χ4v) is 3.21. The Morgan fingerprint density at radius 2 is 1.95 bits per heavy atom. The van der Waals surface area contributed by atoms with Crippen LogP contribution in [0.1, 0.15) is 16.7 Å². The van der Waals surface area contributed by atoms with E-state index in [1.54, 1.807) is 0 Å². The second kappa shape index (κ2) is 4.80. The Hall–Kier alpha value is -2.06. The number of nitrogens with zero attached hydrogens (tertiary/aromatic N) is 4. The van der Waals surface area contributed by atoms with Crippen LogP contribution in [-0.4, -0.2) is 20.4 Å². The molecule has 4 nitrogen and oxygen atoms in total. The van der Waals surface area contributed by atoms with Crippen molar-refractivity contribution in [2.45, 2.75) is 25.9 Å². The van der Waals surface area contributed by atoms with Gasteiger partial charge in [0.15, 0.2) is 10.8 Å². The highest BCUT2D eigenvalue weighted by Gasteiger charge is 2.13.